The molecule has 1 aliphatic carbocycles. The second-order valence-electron chi connectivity index (χ2n) is 9.12. The van der Waals surface area contributed by atoms with Gasteiger partial charge in [-0.25, -0.2) is 9.07 Å². The Morgan fingerprint density at radius 2 is 1.97 bits per heavy atom. The number of hydrogen-bond acceptors (Lipinski definition) is 6. The van der Waals surface area contributed by atoms with Gasteiger partial charge in [-0.3, -0.25) is 9.78 Å². The molecule has 7 nitrogen and oxygen atoms in total. The minimum absolute atomic E-state index is 0.121. The Kier molecular flexibility index (Phi) is 8.57. The van der Waals surface area contributed by atoms with E-state index < -0.39 is 5.82 Å². The molecule has 0 N–H and O–H groups in total. The molecule has 4 rings (SSSR count). The van der Waals surface area contributed by atoms with Gasteiger partial charge in [0.1, 0.15) is 0 Å². The molecule has 1 atom stereocenters. The normalized spacial score (nSPS) is 13.7. The van der Waals surface area contributed by atoms with E-state index in [1.807, 2.05) is 13.1 Å². The molecule has 0 spiro atoms. The second-order valence-corrected chi connectivity index (χ2v) is 9.12. The van der Waals surface area contributed by atoms with Crippen LogP contribution in [0.3, 0.4) is 0 Å². The maximum absolute atomic E-state index is 14.4. The van der Waals surface area contributed by atoms with Crippen LogP contribution in [-0.2, 0) is 42.3 Å². The van der Waals surface area contributed by atoms with Crippen molar-refractivity contribution in [2.45, 2.75) is 57.8 Å². The average molecular weight is 496 g/mol. The van der Waals surface area contributed by atoms with Gasteiger partial charge in [0.25, 0.3) is 0 Å². The molecule has 0 fully saturated rings. The molecular weight excluding hydrogens is 461 g/mol. The summed E-state index contributed by atoms with van der Waals surface area (Å²) in [5.74, 6) is -0.297. The molecule has 0 aliphatic heterocycles. The van der Waals surface area contributed by atoms with Crippen molar-refractivity contribution in [1.29, 1.82) is 0 Å². The molecule has 0 unspecified atom stereocenters. The van der Waals surface area contributed by atoms with Crippen molar-refractivity contribution in [3.8, 4) is 11.6 Å². The SMILES string of the molecule is CCOC(=O)C[C@H](Cc1cc(OCCc2ccc3c(n2)CCCC3)n(C)n1)c1ccc(OC)c(F)c1. The summed E-state index contributed by atoms with van der Waals surface area (Å²) in [6, 6.07) is 10.9. The Labute approximate surface area is 211 Å². The molecule has 192 valence electrons. The van der Waals surface area contributed by atoms with Gasteiger partial charge in [-0.2, -0.15) is 5.10 Å². The van der Waals surface area contributed by atoms with Crippen LogP contribution in [0.2, 0.25) is 0 Å². The van der Waals surface area contributed by atoms with Gasteiger partial charge in [-0.05, 0) is 68.4 Å². The first-order chi connectivity index (χ1) is 17.5. The maximum Gasteiger partial charge on any atom is 0.306 e. The monoisotopic (exact) mass is 495 g/mol. The van der Waals surface area contributed by atoms with Crippen LogP contribution in [0, 0.1) is 5.82 Å². The number of benzene rings is 1. The molecule has 0 bridgehead atoms. The van der Waals surface area contributed by atoms with Gasteiger partial charge < -0.3 is 14.2 Å². The van der Waals surface area contributed by atoms with E-state index in [4.69, 9.17) is 19.2 Å². The third-order valence-corrected chi connectivity index (χ3v) is 6.55. The number of methoxy groups -OCH3 is 1. The fourth-order valence-corrected chi connectivity index (χ4v) is 4.69. The highest BCUT2D eigenvalue weighted by Gasteiger charge is 2.21. The Morgan fingerprint density at radius 1 is 1.14 bits per heavy atom. The standard InChI is InChI=1S/C28H34FN3O4/c1-4-35-28(33)17-21(20-10-12-26(34-3)24(29)16-20)15-23-18-27(32(2)31-23)36-14-13-22-11-9-19-7-5-6-8-25(19)30-22/h9-12,16,18,21H,4-8,13-15,17H2,1-3H3/t21-/m0/s1. The lowest BCUT2D eigenvalue weighted by atomic mass is 9.91. The number of halogens is 1. The molecule has 2 aromatic heterocycles. The van der Waals surface area contributed by atoms with Gasteiger partial charge in [0.15, 0.2) is 11.6 Å². The Hall–Kier alpha value is -3.42. The van der Waals surface area contributed by atoms with Crippen LogP contribution >= 0.6 is 0 Å². The highest BCUT2D eigenvalue weighted by Crippen LogP contribution is 2.29. The first-order valence-electron chi connectivity index (χ1n) is 12.6. The van der Waals surface area contributed by atoms with E-state index in [9.17, 15) is 9.18 Å². The van der Waals surface area contributed by atoms with Crippen LogP contribution in [0.5, 0.6) is 11.6 Å². The van der Waals surface area contributed by atoms with E-state index in [-0.39, 0.29) is 24.1 Å². The van der Waals surface area contributed by atoms with E-state index in [1.165, 1.54) is 37.3 Å². The van der Waals surface area contributed by atoms with E-state index in [2.05, 4.69) is 17.2 Å². The Balaban J connectivity index is 1.42. The van der Waals surface area contributed by atoms with Gasteiger partial charge in [0.2, 0.25) is 5.88 Å². The highest BCUT2D eigenvalue weighted by atomic mass is 19.1. The summed E-state index contributed by atoms with van der Waals surface area (Å²) in [7, 11) is 3.24. The molecule has 0 saturated carbocycles. The predicted octanol–water partition coefficient (Wildman–Crippen LogP) is 4.74. The molecule has 0 amide bonds. The molecule has 0 radical (unpaired) electrons. The zero-order valence-corrected chi connectivity index (χ0v) is 21.3. The number of carbonyl (C=O) groups excluding carboxylic acids is 1. The minimum Gasteiger partial charge on any atom is -0.494 e. The summed E-state index contributed by atoms with van der Waals surface area (Å²) in [5, 5.41) is 4.57. The predicted molar refractivity (Wildman–Crippen MR) is 134 cm³/mol. The molecule has 1 aliphatic rings. The zero-order chi connectivity index (χ0) is 25.5. The van der Waals surface area contributed by atoms with Crippen molar-refractivity contribution in [2.24, 2.45) is 7.05 Å². The van der Waals surface area contributed by atoms with E-state index in [0.717, 1.165) is 24.2 Å². The lowest BCUT2D eigenvalue weighted by molar-refractivity contribution is -0.143. The minimum atomic E-state index is -0.468. The number of rotatable bonds is 11. The number of aromatic nitrogens is 3. The van der Waals surface area contributed by atoms with Crippen LogP contribution in [0.1, 0.15) is 60.3 Å². The fourth-order valence-electron chi connectivity index (χ4n) is 4.69. The average Bonchev–Trinajstić information content (AvgIpc) is 3.22. The highest BCUT2D eigenvalue weighted by molar-refractivity contribution is 5.70. The van der Waals surface area contributed by atoms with Gasteiger partial charge in [0.05, 0.1) is 32.4 Å². The quantitative estimate of drug-likeness (QED) is 0.358. The molecular formula is C28H34FN3O4. The van der Waals surface area contributed by atoms with Gasteiger partial charge in [-0.1, -0.05) is 12.1 Å². The third-order valence-electron chi connectivity index (χ3n) is 6.55. The van der Waals surface area contributed by atoms with Crippen LogP contribution in [-0.4, -0.2) is 41.1 Å². The smallest absolute Gasteiger partial charge is 0.306 e. The number of aryl methyl sites for hydroxylation is 3. The summed E-state index contributed by atoms with van der Waals surface area (Å²) < 4.78 is 32.3. The van der Waals surface area contributed by atoms with Crippen molar-refractivity contribution in [2.75, 3.05) is 20.3 Å². The summed E-state index contributed by atoms with van der Waals surface area (Å²) in [6.45, 7) is 2.55. The number of ether oxygens (including phenoxy) is 3. The number of hydrogen-bond donors (Lipinski definition) is 0. The zero-order valence-electron chi connectivity index (χ0n) is 21.3. The third kappa shape index (κ3) is 6.42. The van der Waals surface area contributed by atoms with Gasteiger partial charge >= 0.3 is 5.97 Å². The molecule has 3 aromatic rings. The number of esters is 1. The number of pyridine rings is 1. The summed E-state index contributed by atoms with van der Waals surface area (Å²) in [5.41, 5.74) is 5.08. The van der Waals surface area contributed by atoms with Crippen LogP contribution < -0.4 is 9.47 Å². The van der Waals surface area contributed by atoms with Crippen molar-refractivity contribution in [3.63, 3.8) is 0 Å². The van der Waals surface area contributed by atoms with Crippen molar-refractivity contribution < 1.29 is 23.4 Å². The van der Waals surface area contributed by atoms with Crippen molar-refractivity contribution >= 4 is 5.97 Å². The van der Waals surface area contributed by atoms with Crippen molar-refractivity contribution in [1.82, 2.24) is 14.8 Å². The van der Waals surface area contributed by atoms with E-state index in [1.54, 1.807) is 23.7 Å². The first kappa shape index (κ1) is 25.7. The van der Waals surface area contributed by atoms with Crippen LogP contribution in [0.25, 0.3) is 0 Å². The molecule has 8 heteroatoms. The Morgan fingerprint density at radius 3 is 2.75 bits per heavy atom. The number of carbonyl (C=O) groups is 1. The lowest BCUT2D eigenvalue weighted by Crippen LogP contribution is -2.13. The van der Waals surface area contributed by atoms with E-state index >= 15 is 0 Å². The first-order valence-corrected chi connectivity index (χ1v) is 12.6. The largest absolute Gasteiger partial charge is 0.494 e. The fraction of sp³-hybridized carbons (Fsp3) is 0.464. The summed E-state index contributed by atoms with van der Waals surface area (Å²) in [4.78, 5) is 17.1. The molecule has 2 heterocycles. The van der Waals surface area contributed by atoms with Crippen LogP contribution in [0.15, 0.2) is 36.4 Å². The lowest BCUT2D eigenvalue weighted by Gasteiger charge is -2.16. The molecule has 1 aromatic carbocycles. The van der Waals surface area contributed by atoms with Crippen LogP contribution in [0.4, 0.5) is 4.39 Å². The molecule has 36 heavy (non-hydrogen) atoms. The van der Waals surface area contributed by atoms with Gasteiger partial charge in [-0.15, -0.1) is 0 Å². The summed E-state index contributed by atoms with van der Waals surface area (Å²) >= 11 is 0. The molecule has 0 saturated heterocycles. The topological polar surface area (TPSA) is 75.5 Å². The van der Waals surface area contributed by atoms with E-state index in [0.29, 0.717) is 37.5 Å². The summed E-state index contributed by atoms with van der Waals surface area (Å²) in [6.07, 6.45) is 5.90. The number of fused-ring (bicyclic) bond motifs is 1. The van der Waals surface area contributed by atoms with Gasteiger partial charge in [0, 0.05) is 36.8 Å². The maximum atomic E-state index is 14.4. The number of nitrogens with zero attached hydrogens (tertiary/aromatic N) is 3. The van der Waals surface area contributed by atoms with Crippen molar-refractivity contribution in [3.05, 3.63) is 70.4 Å². The Bertz CT molecular complexity index is 1190. The second kappa shape index (κ2) is 12.0.